The minimum Gasteiger partial charge on any atom is -0.478 e. The number of hydrogen-bond donors (Lipinski definition) is 2. The molecule has 0 bridgehead atoms. The molecule has 0 saturated carbocycles. The van der Waals surface area contributed by atoms with E-state index < -0.39 is 80.7 Å². The average Bonchev–Trinajstić information content (AvgIpc) is 3.28. The molecule has 0 aromatic heterocycles. The molecular formula is C27H14F6N2O6. The van der Waals surface area contributed by atoms with Gasteiger partial charge in [0.2, 0.25) is 5.41 Å². The maximum Gasteiger partial charge on any atom is 0.411 e. The summed E-state index contributed by atoms with van der Waals surface area (Å²) in [6, 6.07) is 6.22. The Balaban J connectivity index is 1.72. The van der Waals surface area contributed by atoms with Crippen LogP contribution in [-0.2, 0) is 5.41 Å². The van der Waals surface area contributed by atoms with E-state index in [0.29, 0.717) is 46.9 Å². The fourth-order valence-electron chi connectivity index (χ4n) is 5.11. The lowest BCUT2D eigenvalue weighted by Gasteiger charge is -2.38. The van der Waals surface area contributed by atoms with E-state index in [1.54, 1.807) is 5.32 Å². The third-order valence-electron chi connectivity index (χ3n) is 6.91. The molecule has 41 heavy (non-hydrogen) atoms. The Hall–Kier alpha value is -5.01. The van der Waals surface area contributed by atoms with Crippen molar-refractivity contribution in [1.82, 2.24) is 5.32 Å². The lowest BCUT2D eigenvalue weighted by molar-refractivity contribution is -0.288. The maximum atomic E-state index is 14.7. The number of halogens is 6. The van der Waals surface area contributed by atoms with Crippen molar-refractivity contribution in [2.24, 2.45) is 0 Å². The van der Waals surface area contributed by atoms with E-state index in [4.69, 9.17) is 0 Å². The highest BCUT2D eigenvalue weighted by Gasteiger charge is 2.73. The third kappa shape index (κ3) is 3.89. The van der Waals surface area contributed by atoms with Gasteiger partial charge in [-0.1, -0.05) is 12.1 Å². The van der Waals surface area contributed by atoms with E-state index in [9.17, 15) is 55.4 Å². The zero-order valence-electron chi connectivity index (χ0n) is 20.4. The van der Waals surface area contributed by atoms with Crippen molar-refractivity contribution in [3.63, 3.8) is 0 Å². The molecule has 3 aromatic rings. The van der Waals surface area contributed by atoms with Crippen LogP contribution in [0.4, 0.5) is 32.0 Å². The predicted molar refractivity (Wildman–Crippen MR) is 127 cm³/mol. The van der Waals surface area contributed by atoms with Crippen LogP contribution in [-0.4, -0.2) is 47.1 Å². The van der Waals surface area contributed by atoms with Gasteiger partial charge in [0, 0.05) is 0 Å². The minimum absolute atomic E-state index is 0.248. The predicted octanol–water partition coefficient (Wildman–Crippen LogP) is 4.79. The van der Waals surface area contributed by atoms with E-state index in [-0.39, 0.29) is 11.3 Å². The molecule has 210 valence electrons. The number of carbonyl (C=O) groups excluding carboxylic acids is 4. The van der Waals surface area contributed by atoms with Crippen LogP contribution in [0.1, 0.15) is 68.5 Å². The second kappa shape index (κ2) is 8.74. The van der Waals surface area contributed by atoms with Crippen molar-refractivity contribution >= 4 is 35.3 Å². The molecule has 0 atom stereocenters. The Morgan fingerprint density at radius 1 is 0.707 bits per heavy atom. The van der Waals surface area contributed by atoms with Crippen molar-refractivity contribution in [3.8, 4) is 0 Å². The van der Waals surface area contributed by atoms with Gasteiger partial charge in [-0.2, -0.15) is 26.3 Å². The highest BCUT2D eigenvalue weighted by molar-refractivity contribution is 6.34. The first kappa shape index (κ1) is 27.6. The van der Waals surface area contributed by atoms with Crippen LogP contribution in [0.2, 0.25) is 0 Å². The SMILES string of the molecule is Cc1cc(C(=O)O)cc(N2C(=O)c3ccc(C(c4ccc5c(c4)C(=O)NC5=O)(C(F)(F)F)C(F)(F)F)cc3C2=O)c1. The summed E-state index contributed by atoms with van der Waals surface area (Å²) in [5, 5.41) is 11.1. The van der Waals surface area contributed by atoms with Crippen LogP contribution < -0.4 is 10.2 Å². The monoisotopic (exact) mass is 576 g/mol. The molecule has 14 heteroatoms. The van der Waals surface area contributed by atoms with E-state index in [2.05, 4.69) is 0 Å². The number of nitrogens with zero attached hydrogens (tertiary/aromatic N) is 1. The zero-order valence-corrected chi connectivity index (χ0v) is 20.4. The van der Waals surface area contributed by atoms with Gasteiger partial charge in [-0.15, -0.1) is 0 Å². The van der Waals surface area contributed by atoms with E-state index in [1.165, 1.54) is 19.1 Å². The third-order valence-corrected chi connectivity index (χ3v) is 6.91. The van der Waals surface area contributed by atoms with Crippen molar-refractivity contribution in [2.45, 2.75) is 24.7 Å². The van der Waals surface area contributed by atoms with Crippen LogP contribution in [0, 0.1) is 6.92 Å². The van der Waals surface area contributed by atoms with Gasteiger partial charge < -0.3 is 5.11 Å². The lowest BCUT2D eigenvalue weighted by atomic mass is 9.71. The van der Waals surface area contributed by atoms with E-state index >= 15 is 0 Å². The molecule has 0 aliphatic carbocycles. The minimum atomic E-state index is -6.09. The Labute approximate surface area is 225 Å². The topological polar surface area (TPSA) is 121 Å². The van der Waals surface area contributed by atoms with Gasteiger partial charge in [0.25, 0.3) is 23.6 Å². The first-order valence-electron chi connectivity index (χ1n) is 11.5. The second-order valence-electron chi connectivity index (χ2n) is 9.36. The van der Waals surface area contributed by atoms with Crippen LogP contribution in [0.3, 0.4) is 0 Å². The van der Waals surface area contributed by atoms with Gasteiger partial charge in [0.15, 0.2) is 0 Å². The first-order valence-corrected chi connectivity index (χ1v) is 11.5. The number of anilines is 1. The maximum absolute atomic E-state index is 14.7. The Kier molecular flexibility index (Phi) is 5.88. The van der Waals surface area contributed by atoms with Crippen molar-refractivity contribution < 1.29 is 55.4 Å². The summed E-state index contributed by atoms with van der Waals surface area (Å²) in [5.74, 6) is -5.94. The Bertz CT molecular complexity index is 1710. The molecule has 4 amide bonds. The number of aryl methyl sites for hydroxylation is 1. The van der Waals surface area contributed by atoms with Gasteiger partial charge in [0.1, 0.15) is 0 Å². The molecule has 2 N–H and O–H groups in total. The molecular weight excluding hydrogens is 562 g/mol. The van der Waals surface area contributed by atoms with Gasteiger partial charge >= 0.3 is 18.3 Å². The average molecular weight is 576 g/mol. The van der Waals surface area contributed by atoms with Gasteiger partial charge in [-0.3, -0.25) is 24.5 Å². The number of hydrogen-bond acceptors (Lipinski definition) is 5. The van der Waals surface area contributed by atoms with E-state index in [0.717, 1.165) is 6.07 Å². The molecule has 8 nitrogen and oxygen atoms in total. The summed E-state index contributed by atoms with van der Waals surface area (Å²) >= 11 is 0. The van der Waals surface area contributed by atoms with Crippen LogP contribution >= 0.6 is 0 Å². The van der Waals surface area contributed by atoms with Gasteiger partial charge in [-0.25, -0.2) is 9.69 Å². The number of carboxylic acid groups (broad SMARTS) is 1. The van der Waals surface area contributed by atoms with Crippen LogP contribution in [0.5, 0.6) is 0 Å². The summed E-state index contributed by atoms with van der Waals surface area (Å²) in [6.45, 7) is 1.46. The molecule has 0 unspecified atom stereocenters. The number of fused-ring (bicyclic) bond motifs is 2. The number of carboxylic acids is 1. The Morgan fingerprint density at radius 3 is 1.78 bits per heavy atom. The van der Waals surface area contributed by atoms with E-state index in [1.807, 2.05) is 0 Å². The number of benzene rings is 3. The summed E-state index contributed by atoms with van der Waals surface area (Å²) in [6.07, 6.45) is -12.2. The molecule has 2 heterocycles. The zero-order chi connectivity index (χ0) is 30.2. The number of amides is 4. The quantitative estimate of drug-likeness (QED) is 0.341. The summed E-state index contributed by atoms with van der Waals surface area (Å²) in [7, 11) is 0. The normalized spacial score (nSPS) is 15.2. The fourth-order valence-corrected chi connectivity index (χ4v) is 5.11. The number of rotatable bonds is 4. The molecule has 0 spiro atoms. The molecule has 3 aromatic carbocycles. The highest BCUT2D eigenvalue weighted by Crippen LogP contribution is 2.57. The summed E-state index contributed by atoms with van der Waals surface area (Å²) in [5.41, 5.74) is -10.4. The number of nitrogens with one attached hydrogen (secondary N) is 1. The number of aromatic carboxylic acids is 1. The molecule has 0 saturated heterocycles. The molecule has 2 aliphatic heterocycles. The summed E-state index contributed by atoms with van der Waals surface area (Å²) < 4.78 is 88.2. The van der Waals surface area contributed by atoms with Gasteiger partial charge in [0.05, 0.1) is 33.5 Å². The van der Waals surface area contributed by atoms with Gasteiger partial charge in [-0.05, 0) is 66.1 Å². The fraction of sp³-hybridized carbons (Fsp3) is 0.148. The van der Waals surface area contributed by atoms with Crippen molar-refractivity contribution in [1.29, 1.82) is 0 Å². The van der Waals surface area contributed by atoms with Crippen LogP contribution in [0.15, 0.2) is 54.6 Å². The summed E-state index contributed by atoms with van der Waals surface area (Å²) in [4.78, 5) is 62.1. The number of imide groups is 2. The lowest BCUT2D eigenvalue weighted by Crippen LogP contribution is -2.55. The molecule has 0 radical (unpaired) electrons. The number of alkyl halides is 6. The molecule has 2 aliphatic rings. The standard InChI is InChI=1S/C27H14F6N2O6/c1-11-6-12(24(40)41)8-15(7-11)35-22(38)17-5-3-14(10-19(17)23(35)39)25(26(28,29)30,27(31,32)33)13-2-4-16-18(9-13)21(37)34-20(16)36/h2-10H,1H3,(H,40,41)(H,34,36,37). The van der Waals surface area contributed by atoms with Crippen LogP contribution in [0.25, 0.3) is 0 Å². The molecule has 0 fully saturated rings. The number of carbonyl (C=O) groups is 5. The highest BCUT2D eigenvalue weighted by atomic mass is 19.4. The van der Waals surface area contributed by atoms with Crippen molar-refractivity contribution in [3.05, 3.63) is 99.1 Å². The Morgan fingerprint density at radius 2 is 1.22 bits per heavy atom. The largest absolute Gasteiger partial charge is 0.478 e. The molecule has 5 rings (SSSR count). The smallest absolute Gasteiger partial charge is 0.411 e. The van der Waals surface area contributed by atoms with Crippen molar-refractivity contribution in [2.75, 3.05) is 4.90 Å². The second-order valence-corrected chi connectivity index (χ2v) is 9.36. The first-order chi connectivity index (χ1) is 19.0.